The number of amides is 1. The zero-order valence-corrected chi connectivity index (χ0v) is 15.3. The van der Waals surface area contributed by atoms with Crippen LogP contribution in [-0.4, -0.2) is 40.1 Å². The standard InChI is InChI=1S/C19H23NO4S/c1-12(13-7-9-14(24-2)10-8-13)20-18(23)15-5-3-4-6-16(15)19(20)25-11-17(21)22/h7-10,12,19H,3-6,11H2,1-2H3,(H,21,22)/t12-,19?/m0/s1. The molecular formula is C19H23NO4S. The van der Waals surface area contributed by atoms with Gasteiger partial charge in [0.25, 0.3) is 5.91 Å². The number of nitrogens with zero attached hydrogens (tertiary/aromatic N) is 1. The summed E-state index contributed by atoms with van der Waals surface area (Å²) in [6.45, 7) is 2.01. The van der Waals surface area contributed by atoms with E-state index in [2.05, 4.69) is 0 Å². The van der Waals surface area contributed by atoms with Gasteiger partial charge < -0.3 is 14.7 Å². The van der Waals surface area contributed by atoms with E-state index in [0.29, 0.717) is 0 Å². The van der Waals surface area contributed by atoms with Gasteiger partial charge in [0.05, 0.1) is 18.9 Å². The van der Waals surface area contributed by atoms with E-state index in [4.69, 9.17) is 9.84 Å². The fourth-order valence-corrected chi connectivity index (χ4v) is 4.83. The van der Waals surface area contributed by atoms with Crippen molar-refractivity contribution in [2.45, 2.75) is 44.0 Å². The van der Waals surface area contributed by atoms with Crippen molar-refractivity contribution < 1.29 is 19.4 Å². The first kappa shape index (κ1) is 17.9. The Bertz CT molecular complexity index is 698. The lowest BCUT2D eigenvalue weighted by molar-refractivity contribution is -0.134. The third-order valence-corrected chi connectivity index (χ3v) is 6.18. The van der Waals surface area contributed by atoms with E-state index in [0.717, 1.165) is 48.1 Å². The highest BCUT2D eigenvalue weighted by Gasteiger charge is 2.42. The number of aliphatic carboxylic acids is 1. The minimum absolute atomic E-state index is 0.000555. The van der Waals surface area contributed by atoms with Crippen LogP contribution in [0.2, 0.25) is 0 Å². The van der Waals surface area contributed by atoms with Crippen LogP contribution in [0.3, 0.4) is 0 Å². The summed E-state index contributed by atoms with van der Waals surface area (Å²) in [6, 6.07) is 7.59. The number of methoxy groups -OCH3 is 1. The van der Waals surface area contributed by atoms with Crippen LogP contribution in [-0.2, 0) is 9.59 Å². The van der Waals surface area contributed by atoms with Gasteiger partial charge in [-0.05, 0) is 55.9 Å². The molecule has 0 fully saturated rings. The third-order valence-electron chi connectivity index (χ3n) is 4.93. The molecule has 3 rings (SSSR count). The van der Waals surface area contributed by atoms with Crippen LogP contribution in [0, 0.1) is 0 Å². The lowest BCUT2D eigenvalue weighted by atomic mass is 9.94. The Morgan fingerprint density at radius 3 is 2.64 bits per heavy atom. The van der Waals surface area contributed by atoms with Gasteiger partial charge in [0.15, 0.2) is 0 Å². The molecule has 0 bridgehead atoms. The number of rotatable bonds is 6. The van der Waals surface area contributed by atoms with Crippen LogP contribution < -0.4 is 4.74 Å². The molecule has 134 valence electrons. The topological polar surface area (TPSA) is 66.8 Å². The number of ether oxygens (including phenoxy) is 1. The Hall–Kier alpha value is -1.95. The molecule has 1 aromatic carbocycles. The number of hydrogen-bond acceptors (Lipinski definition) is 4. The van der Waals surface area contributed by atoms with Crippen LogP contribution in [0.4, 0.5) is 0 Å². The van der Waals surface area contributed by atoms with Gasteiger partial charge in [-0.2, -0.15) is 0 Å². The molecule has 2 atom stereocenters. The number of carbonyl (C=O) groups is 2. The fraction of sp³-hybridized carbons (Fsp3) is 0.474. The van der Waals surface area contributed by atoms with Gasteiger partial charge in [-0.25, -0.2) is 0 Å². The number of carbonyl (C=O) groups excluding carboxylic acids is 1. The maximum absolute atomic E-state index is 13.0. The van der Waals surface area contributed by atoms with Gasteiger partial charge in [-0.15, -0.1) is 11.8 Å². The zero-order chi connectivity index (χ0) is 18.0. The van der Waals surface area contributed by atoms with E-state index in [1.165, 1.54) is 11.8 Å². The molecule has 0 aromatic heterocycles. The van der Waals surface area contributed by atoms with E-state index in [1.807, 2.05) is 36.1 Å². The summed E-state index contributed by atoms with van der Waals surface area (Å²) in [5.41, 5.74) is 3.08. The van der Waals surface area contributed by atoms with Crippen LogP contribution in [0.25, 0.3) is 0 Å². The SMILES string of the molecule is COc1ccc([C@H](C)N2C(=O)C3=C(CCCC3)C2SCC(=O)O)cc1. The van der Waals surface area contributed by atoms with Gasteiger partial charge in [0.1, 0.15) is 11.1 Å². The second kappa shape index (κ2) is 7.52. The summed E-state index contributed by atoms with van der Waals surface area (Å²) in [4.78, 5) is 25.9. The predicted octanol–water partition coefficient (Wildman–Crippen LogP) is 3.61. The lowest BCUT2D eigenvalue weighted by Gasteiger charge is -2.32. The number of carboxylic acid groups (broad SMARTS) is 1. The van der Waals surface area contributed by atoms with Gasteiger partial charge in [0.2, 0.25) is 0 Å². The van der Waals surface area contributed by atoms with Crippen LogP contribution in [0.15, 0.2) is 35.4 Å². The van der Waals surface area contributed by atoms with Crippen molar-refractivity contribution in [2.24, 2.45) is 0 Å². The Kier molecular flexibility index (Phi) is 5.37. The molecule has 25 heavy (non-hydrogen) atoms. The summed E-state index contributed by atoms with van der Waals surface area (Å²) in [7, 11) is 1.62. The molecule has 5 nitrogen and oxygen atoms in total. The molecule has 0 spiro atoms. The third kappa shape index (κ3) is 3.54. The summed E-state index contributed by atoms with van der Waals surface area (Å²) in [5, 5.41) is 8.91. The average Bonchev–Trinajstić information content (AvgIpc) is 2.92. The molecule has 0 saturated heterocycles. The molecule has 6 heteroatoms. The number of carboxylic acids is 1. The largest absolute Gasteiger partial charge is 0.497 e. The van der Waals surface area contributed by atoms with Crippen LogP contribution in [0.1, 0.15) is 44.2 Å². The van der Waals surface area contributed by atoms with Crippen molar-refractivity contribution in [1.82, 2.24) is 4.90 Å². The molecule has 0 radical (unpaired) electrons. The number of hydrogen-bond donors (Lipinski definition) is 1. The Morgan fingerprint density at radius 1 is 1.32 bits per heavy atom. The second-order valence-corrected chi connectivity index (χ2v) is 7.50. The van der Waals surface area contributed by atoms with Gasteiger partial charge in [-0.1, -0.05) is 12.1 Å². The summed E-state index contributed by atoms with van der Waals surface area (Å²) in [6.07, 6.45) is 3.81. The minimum Gasteiger partial charge on any atom is -0.497 e. The first-order chi connectivity index (χ1) is 12.0. The Balaban J connectivity index is 1.88. The molecule has 1 aromatic rings. The molecule has 1 N–H and O–H groups in total. The van der Waals surface area contributed by atoms with Crippen molar-refractivity contribution >= 4 is 23.6 Å². The Labute approximate surface area is 152 Å². The van der Waals surface area contributed by atoms with E-state index >= 15 is 0 Å². The van der Waals surface area contributed by atoms with Gasteiger partial charge in [0, 0.05) is 5.57 Å². The first-order valence-corrected chi connectivity index (χ1v) is 9.59. The molecule has 2 aliphatic rings. The van der Waals surface area contributed by atoms with Crippen LogP contribution >= 0.6 is 11.8 Å². The van der Waals surface area contributed by atoms with Crippen molar-refractivity contribution in [1.29, 1.82) is 0 Å². The zero-order valence-electron chi connectivity index (χ0n) is 14.5. The minimum atomic E-state index is -0.848. The highest BCUT2D eigenvalue weighted by atomic mass is 32.2. The quantitative estimate of drug-likeness (QED) is 0.838. The predicted molar refractivity (Wildman–Crippen MR) is 97.6 cm³/mol. The average molecular weight is 361 g/mol. The van der Waals surface area contributed by atoms with Gasteiger partial charge in [-0.3, -0.25) is 9.59 Å². The van der Waals surface area contributed by atoms with Crippen LogP contribution in [0.5, 0.6) is 5.75 Å². The van der Waals surface area contributed by atoms with Gasteiger partial charge >= 0.3 is 5.97 Å². The molecule has 1 amide bonds. The molecular weight excluding hydrogens is 338 g/mol. The van der Waals surface area contributed by atoms with Crippen molar-refractivity contribution in [3.63, 3.8) is 0 Å². The Morgan fingerprint density at radius 2 is 2.00 bits per heavy atom. The number of thioether (sulfide) groups is 1. The fourth-order valence-electron chi connectivity index (χ4n) is 3.63. The first-order valence-electron chi connectivity index (χ1n) is 8.55. The lowest BCUT2D eigenvalue weighted by Crippen LogP contribution is -2.36. The maximum atomic E-state index is 13.0. The smallest absolute Gasteiger partial charge is 0.313 e. The van der Waals surface area contributed by atoms with E-state index in [9.17, 15) is 9.59 Å². The maximum Gasteiger partial charge on any atom is 0.313 e. The van der Waals surface area contributed by atoms with Crippen molar-refractivity contribution in [3.05, 3.63) is 41.0 Å². The molecule has 1 heterocycles. The highest BCUT2D eigenvalue weighted by molar-refractivity contribution is 8.00. The number of benzene rings is 1. The second-order valence-electron chi connectivity index (χ2n) is 6.43. The van der Waals surface area contributed by atoms with E-state index < -0.39 is 5.97 Å². The monoisotopic (exact) mass is 361 g/mol. The van der Waals surface area contributed by atoms with Crippen molar-refractivity contribution in [2.75, 3.05) is 12.9 Å². The van der Waals surface area contributed by atoms with Crippen molar-refractivity contribution in [3.8, 4) is 5.75 Å². The normalized spacial score (nSPS) is 21.3. The molecule has 1 aliphatic carbocycles. The van der Waals surface area contributed by atoms with E-state index in [1.54, 1.807) is 7.11 Å². The molecule has 0 saturated carbocycles. The summed E-state index contributed by atoms with van der Waals surface area (Å²) in [5.74, 6) is -0.00112. The summed E-state index contributed by atoms with van der Waals surface area (Å²) < 4.78 is 5.20. The summed E-state index contributed by atoms with van der Waals surface area (Å²) >= 11 is 1.34. The molecule has 1 unspecified atom stereocenters. The van der Waals surface area contributed by atoms with E-state index in [-0.39, 0.29) is 23.1 Å². The highest BCUT2D eigenvalue weighted by Crippen LogP contribution is 2.44. The molecule has 1 aliphatic heterocycles.